The Morgan fingerprint density at radius 3 is 2.94 bits per heavy atom. The van der Waals surface area contributed by atoms with Gasteiger partial charge in [-0.1, -0.05) is 5.21 Å². The molecule has 0 bridgehead atoms. The Morgan fingerprint density at radius 1 is 1.59 bits per heavy atom. The number of hydrogen-bond donors (Lipinski definition) is 2. The Bertz CT molecular complexity index is 390. The number of amides is 1. The number of nitrogens with zero attached hydrogens (tertiary/aromatic N) is 3. The maximum Gasteiger partial charge on any atom is 0.358 e. The number of aromatic carboxylic acids is 1. The Hall–Kier alpha value is -1.96. The van der Waals surface area contributed by atoms with E-state index >= 15 is 0 Å². The highest BCUT2D eigenvalue weighted by Crippen LogP contribution is 1.91. The molecule has 0 saturated heterocycles. The molecule has 1 heterocycles. The predicted octanol–water partition coefficient (Wildman–Crippen LogP) is -0.871. The van der Waals surface area contributed by atoms with E-state index in [0.717, 1.165) is 0 Å². The summed E-state index contributed by atoms with van der Waals surface area (Å²) in [6.45, 7) is 3.01. The van der Waals surface area contributed by atoms with Crippen molar-refractivity contribution in [2.45, 2.75) is 13.5 Å². The van der Waals surface area contributed by atoms with Gasteiger partial charge in [-0.15, -0.1) is 5.10 Å². The van der Waals surface area contributed by atoms with Gasteiger partial charge in [-0.05, 0) is 6.92 Å². The van der Waals surface area contributed by atoms with Crippen molar-refractivity contribution in [2.75, 3.05) is 19.8 Å². The van der Waals surface area contributed by atoms with E-state index in [1.807, 2.05) is 0 Å². The van der Waals surface area contributed by atoms with E-state index < -0.39 is 5.97 Å². The number of nitrogens with one attached hydrogen (secondary N) is 1. The Kier molecular flexibility index (Phi) is 5.08. The first-order valence-corrected chi connectivity index (χ1v) is 5.11. The molecule has 0 radical (unpaired) electrons. The number of carbonyl (C=O) groups excluding carboxylic acids is 1. The third kappa shape index (κ3) is 4.60. The van der Waals surface area contributed by atoms with Gasteiger partial charge in [0, 0.05) is 13.2 Å². The van der Waals surface area contributed by atoms with E-state index in [-0.39, 0.29) is 18.2 Å². The Labute approximate surface area is 97.6 Å². The summed E-state index contributed by atoms with van der Waals surface area (Å²) in [6.07, 6.45) is 1.30. The van der Waals surface area contributed by atoms with Crippen molar-refractivity contribution in [1.29, 1.82) is 0 Å². The van der Waals surface area contributed by atoms with E-state index in [4.69, 9.17) is 9.84 Å². The van der Waals surface area contributed by atoms with Crippen molar-refractivity contribution in [3.8, 4) is 0 Å². The van der Waals surface area contributed by atoms with Gasteiger partial charge >= 0.3 is 5.97 Å². The van der Waals surface area contributed by atoms with Gasteiger partial charge in [-0.3, -0.25) is 4.79 Å². The second-order valence-corrected chi connectivity index (χ2v) is 3.16. The SMILES string of the molecule is CCOCC(=O)NCCn1cc(C(=O)O)nn1. The van der Waals surface area contributed by atoms with Gasteiger partial charge in [-0.2, -0.15) is 0 Å². The fourth-order valence-electron chi connectivity index (χ4n) is 1.06. The third-order valence-electron chi connectivity index (χ3n) is 1.86. The lowest BCUT2D eigenvalue weighted by Crippen LogP contribution is -2.30. The first kappa shape index (κ1) is 13.1. The van der Waals surface area contributed by atoms with Gasteiger partial charge in [-0.25, -0.2) is 9.48 Å². The molecule has 0 spiro atoms. The molecule has 17 heavy (non-hydrogen) atoms. The number of carbonyl (C=O) groups is 2. The minimum absolute atomic E-state index is 0.0221. The first-order valence-electron chi connectivity index (χ1n) is 5.11. The summed E-state index contributed by atoms with van der Waals surface area (Å²) in [6, 6.07) is 0. The Morgan fingerprint density at radius 2 is 2.35 bits per heavy atom. The Balaban J connectivity index is 2.26. The van der Waals surface area contributed by atoms with Crippen LogP contribution in [0.1, 0.15) is 17.4 Å². The van der Waals surface area contributed by atoms with E-state index in [1.54, 1.807) is 6.92 Å². The molecular formula is C9H14N4O4. The van der Waals surface area contributed by atoms with Crippen molar-refractivity contribution < 1.29 is 19.4 Å². The summed E-state index contributed by atoms with van der Waals surface area (Å²) < 4.78 is 6.26. The molecule has 0 aliphatic rings. The van der Waals surface area contributed by atoms with Crippen molar-refractivity contribution >= 4 is 11.9 Å². The van der Waals surface area contributed by atoms with Crippen LogP contribution in [0.2, 0.25) is 0 Å². The molecule has 94 valence electrons. The van der Waals surface area contributed by atoms with Gasteiger partial charge in [0.2, 0.25) is 5.91 Å². The van der Waals surface area contributed by atoms with Crippen molar-refractivity contribution in [1.82, 2.24) is 20.3 Å². The van der Waals surface area contributed by atoms with E-state index in [9.17, 15) is 9.59 Å². The van der Waals surface area contributed by atoms with Gasteiger partial charge in [0.1, 0.15) is 6.61 Å². The van der Waals surface area contributed by atoms with E-state index in [2.05, 4.69) is 15.6 Å². The lowest BCUT2D eigenvalue weighted by Gasteiger charge is -2.04. The lowest BCUT2D eigenvalue weighted by atomic mass is 10.5. The molecule has 8 nitrogen and oxygen atoms in total. The normalized spacial score (nSPS) is 10.2. The third-order valence-corrected chi connectivity index (χ3v) is 1.86. The number of rotatable bonds is 7. The molecule has 1 rings (SSSR count). The molecule has 2 N–H and O–H groups in total. The topological polar surface area (TPSA) is 106 Å². The summed E-state index contributed by atoms with van der Waals surface area (Å²) in [5, 5.41) is 18.3. The van der Waals surface area contributed by atoms with Gasteiger partial charge in [0.25, 0.3) is 0 Å². The minimum Gasteiger partial charge on any atom is -0.476 e. The van der Waals surface area contributed by atoms with Crippen molar-refractivity contribution in [2.24, 2.45) is 0 Å². The molecule has 1 aromatic rings. The largest absolute Gasteiger partial charge is 0.476 e. The number of carboxylic acid groups (broad SMARTS) is 1. The molecule has 0 aromatic carbocycles. The molecule has 0 fully saturated rings. The van der Waals surface area contributed by atoms with Crippen LogP contribution in [-0.2, 0) is 16.1 Å². The van der Waals surface area contributed by atoms with Crippen LogP contribution in [0.15, 0.2) is 6.20 Å². The maximum absolute atomic E-state index is 11.1. The first-order chi connectivity index (χ1) is 8.13. The van der Waals surface area contributed by atoms with Gasteiger partial charge < -0.3 is 15.2 Å². The average molecular weight is 242 g/mol. The fraction of sp³-hybridized carbons (Fsp3) is 0.556. The molecule has 1 aromatic heterocycles. The molecule has 8 heteroatoms. The highest BCUT2D eigenvalue weighted by molar-refractivity contribution is 5.84. The van der Waals surface area contributed by atoms with E-state index in [0.29, 0.717) is 19.7 Å². The molecule has 0 aliphatic carbocycles. The lowest BCUT2D eigenvalue weighted by molar-refractivity contribution is -0.125. The molecule has 0 atom stereocenters. The molecule has 1 amide bonds. The standard InChI is InChI=1S/C9H14N4O4/c1-2-17-6-8(14)10-3-4-13-5-7(9(15)16)11-12-13/h5H,2-4,6H2,1H3,(H,10,14)(H,15,16). The summed E-state index contributed by atoms with van der Waals surface area (Å²) in [7, 11) is 0. The highest BCUT2D eigenvalue weighted by atomic mass is 16.5. The summed E-state index contributed by atoms with van der Waals surface area (Å²) in [4.78, 5) is 21.6. The predicted molar refractivity (Wildman–Crippen MR) is 56.5 cm³/mol. The molecular weight excluding hydrogens is 228 g/mol. The molecule has 0 aliphatic heterocycles. The number of ether oxygens (including phenoxy) is 1. The number of carboxylic acids is 1. The minimum atomic E-state index is -1.13. The monoisotopic (exact) mass is 242 g/mol. The van der Waals surface area contributed by atoms with Crippen LogP contribution in [-0.4, -0.2) is 51.7 Å². The van der Waals surface area contributed by atoms with Crippen LogP contribution >= 0.6 is 0 Å². The zero-order chi connectivity index (χ0) is 12.7. The smallest absolute Gasteiger partial charge is 0.358 e. The maximum atomic E-state index is 11.1. The van der Waals surface area contributed by atoms with Crippen LogP contribution in [0.25, 0.3) is 0 Å². The van der Waals surface area contributed by atoms with Gasteiger partial charge in [0.05, 0.1) is 12.7 Å². The zero-order valence-corrected chi connectivity index (χ0v) is 9.42. The van der Waals surface area contributed by atoms with Crippen LogP contribution in [0, 0.1) is 0 Å². The fourth-order valence-corrected chi connectivity index (χ4v) is 1.06. The summed E-state index contributed by atoms with van der Waals surface area (Å²) in [5.41, 5.74) is -0.120. The van der Waals surface area contributed by atoms with Crippen LogP contribution in [0.4, 0.5) is 0 Å². The van der Waals surface area contributed by atoms with Crippen molar-refractivity contribution in [3.05, 3.63) is 11.9 Å². The van der Waals surface area contributed by atoms with E-state index in [1.165, 1.54) is 10.9 Å². The second kappa shape index (κ2) is 6.59. The molecule has 0 saturated carbocycles. The van der Waals surface area contributed by atoms with Crippen LogP contribution in [0.3, 0.4) is 0 Å². The quantitative estimate of drug-likeness (QED) is 0.643. The second-order valence-electron chi connectivity index (χ2n) is 3.16. The average Bonchev–Trinajstić information content (AvgIpc) is 2.75. The summed E-state index contributed by atoms with van der Waals surface area (Å²) in [5.74, 6) is -1.35. The summed E-state index contributed by atoms with van der Waals surface area (Å²) >= 11 is 0. The van der Waals surface area contributed by atoms with Crippen molar-refractivity contribution in [3.63, 3.8) is 0 Å². The number of hydrogen-bond acceptors (Lipinski definition) is 5. The van der Waals surface area contributed by atoms with Gasteiger partial charge in [0.15, 0.2) is 5.69 Å². The number of aromatic nitrogens is 3. The van der Waals surface area contributed by atoms with Crippen LogP contribution < -0.4 is 5.32 Å². The van der Waals surface area contributed by atoms with Crippen LogP contribution in [0.5, 0.6) is 0 Å². The zero-order valence-electron chi connectivity index (χ0n) is 9.42. The molecule has 0 unspecified atom stereocenters. The highest BCUT2D eigenvalue weighted by Gasteiger charge is 2.07.